The van der Waals surface area contributed by atoms with Crippen LogP contribution in [0.1, 0.15) is 30.1 Å². The van der Waals surface area contributed by atoms with Gasteiger partial charge in [0.05, 0.1) is 18.6 Å². The van der Waals surface area contributed by atoms with Gasteiger partial charge in [0.1, 0.15) is 12.4 Å². The summed E-state index contributed by atoms with van der Waals surface area (Å²) in [7, 11) is 0. The van der Waals surface area contributed by atoms with E-state index in [-0.39, 0.29) is 12.1 Å². The highest BCUT2D eigenvalue weighted by Crippen LogP contribution is 2.33. The first kappa shape index (κ1) is 10.4. The van der Waals surface area contributed by atoms with E-state index in [0.717, 1.165) is 11.3 Å². The zero-order chi connectivity index (χ0) is 11.7. The molecule has 2 unspecified atom stereocenters. The van der Waals surface area contributed by atoms with Crippen molar-refractivity contribution in [3.8, 4) is 5.75 Å². The molecule has 0 bridgehead atoms. The molecular formula is C14H15NO2. The van der Waals surface area contributed by atoms with Gasteiger partial charge in [0.25, 0.3) is 0 Å². The van der Waals surface area contributed by atoms with Gasteiger partial charge in [-0.1, -0.05) is 18.2 Å². The fourth-order valence-electron chi connectivity index (χ4n) is 2.22. The first-order chi connectivity index (χ1) is 8.34. The van der Waals surface area contributed by atoms with Crippen molar-refractivity contribution in [3.05, 3.63) is 54.0 Å². The summed E-state index contributed by atoms with van der Waals surface area (Å²) in [5.74, 6) is 0.990. The number of ether oxygens (including phenoxy) is 1. The predicted molar refractivity (Wildman–Crippen MR) is 64.9 cm³/mol. The van der Waals surface area contributed by atoms with Gasteiger partial charge in [-0.25, -0.2) is 0 Å². The fourth-order valence-corrected chi connectivity index (χ4v) is 2.22. The third-order valence-corrected chi connectivity index (χ3v) is 3.19. The maximum atomic E-state index is 5.64. The minimum absolute atomic E-state index is 0.258. The lowest BCUT2D eigenvalue weighted by Crippen LogP contribution is -2.25. The molecule has 3 rings (SSSR count). The Labute approximate surface area is 100 Å². The van der Waals surface area contributed by atoms with Crippen LogP contribution in [-0.4, -0.2) is 6.61 Å². The Kier molecular flexibility index (Phi) is 2.61. The lowest BCUT2D eigenvalue weighted by molar-refractivity contribution is 0.300. The van der Waals surface area contributed by atoms with Crippen molar-refractivity contribution in [2.75, 3.05) is 6.61 Å². The molecule has 2 heterocycles. The Morgan fingerprint density at radius 3 is 3.00 bits per heavy atom. The van der Waals surface area contributed by atoms with Gasteiger partial charge >= 0.3 is 0 Å². The van der Waals surface area contributed by atoms with E-state index < -0.39 is 0 Å². The van der Waals surface area contributed by atoms with Crippen molar-refractivity contribution in [2.24, 2.45) is 0 Å². The van der Waals surface area contributed by atoms with E-state index in [9.17, 15) is 0 Å². The molecule has 1 aromatic heterocycles. The summed E-state index contributed by atoms with van der Waals surface area (Å²) in [4.78, 5) is 0. The average molecular weight is 229 g/mol. The number of nitrogens with one attached hydrogen (secondary N) is 1. The number of furan rings is 1. The van der Waals surface area contributed by atoms with Crippen LogP contribution >= 0.6 is 0 Å². The molecule has 2 atom stereocenters. The molecular weight excluding hydrogens is 214 g/mol. The summed E-state index contributed by atoms with van der Waals surface area (Å²) in [6.07, 6.45) is 3.48. The second-order valence-electron chi connectivity index (χ2n) is 4.35. The molecule has 88 valence electrons. The second-order valence-corrected chi connectivity index (χ2v) is 4.35. The zero-order valence-corrected chi connectivity index (χ0v) is 9.72. The minimum atomic E-state index is 0.258. The van der Waals surface area contributed by atoms with Crippen molar-refractivity contribution in [3.63, 3.8) is 0 Å². The van der Waals surface area contributed by atoms with Gasteiger partial charge in [-0.2, -0.15) is 0 Å². The summed E-state index contributed by atoms with van der Waals surface area (Å²) >= 11 is 0. The second kappa shape index (κ2) is 4.26. The van der Waals surface area contributed by atoms with E-state index in [1.54, 1.807) is 12.5 Å². The maximum absolute atomic E-state index is 5.64. The van der Waals surface area contributed by atoms with E-state index >= 15 is 0 Å². The van der Waals surface area contributed by atoms with Gasteiger partial charge in [0.2, 0.25) is 0 Å². The summed E-state index contributed by atoms with van der Waals surface area (Å²) in [6, 6.07) is 10.7. The van der Waals surface area contributed by atoms with E-state index in [1.807, 2.05) is 24.3 Å². The van der Waals surface area contributed by atoms with Crippen LogP contribution in [0, 0.1) is 0 Å². The van der Waals surface area contributed by atoms with Crippen molar-refractivity contribution >= 4 is 0 Å². The molecule has 1 aliphatic rings. The molecule has 0 radical (unpaired) electrons. The molecule has 17 heavy (non-hydrogen) atoms. The largest absolute Gasteiger partial charge is 0.491 e. The summed E-state index contributed by atoms with van der Waals surface area (Å²) in [6.45, 7) is 2.83. The Hall–Kier alpha value is -1.74. The lowest BCUT2D eigenvalue weighted by Gasteiger charge is -2.17. The van der Waals surface area contributed by atoms with Gasteiger partial charge < -0.3 is 14.5 Å². The normalized spacial score (nSPS) is 19.7. The monoisotopic (exact) mass is 229 g/mol. The van der Waals surface area contributed by atoms with E-state index in [2.05, 4.69) is 18.3 Å². The third kappa shape index (κ3) is 1.94. The highest BCUT2D eigenvalue weighted by Gasteiger charge is 2.25. The Morgan fingerprint density at radius 2 is 2.18 bits per heavy atom. The van der Waals surface area contributed by atoms with Gasteiger partial charge in [-0.15, -0.1) is 0 Å². The van der Waals surface area contributed by atoms with Crippen LogP contribution in [0.4, 0.5) is 0 Å². The molecule has 0 aliphatic carbocycles. The predicted octanol–water partition coefficient (Wildman–Crippen LogP) is 3.06. The Bertz CT molecular complexity index is 493. The first-order valence-corrected chi connectivity index (χ1v) is 5.84. The van der Waals surface area contributed by atoms with E-state index in [1.165, 1.54) is 5.56 Å². The number of hydrogen-bond donors (Lipinski definition) is 1. The summed E-state index contributed by atoms with van der Waals surface area (Å²) < 4.78 is 10.7. The molecule has 0 saturated heterocycles. The number of hydrogen-bond acceptors (Lipinski definition) is 3. The fraction of sp³-hybridized carbons (Fsp3) is 0.286. The highest BCUT2D eigenvalue weighted by atomic mass is 16.5. The topological polar surface area (TPSA) is 34.4 Å². The highest BCUT2D eigenvalue weighted by molar-refractivity contribution is 5.39. The van der Waals surface area contributed by atoms with E-state index in [0.29, 0.717) is 6.61 Å². The van der Waals surface area contributed by atoms with Gasteiger partial charge in [0.15, 0.2) is 0 Å². The van der Waals surface area contributed by atoms with Crippen molar-refractivity contribution < 1.29 is 9.15 Å². The molecule has 1 aliphatic heterocycles. The molecule has 0 saturated carbocycles. The first-order valence-electron chi connectivity index (χ1n) is 5.84. The quantitative estimate of drug-likeness (QED) is 0.878. The van der Waals surface area contributed by atoms with Crippen LogP contribution < -0.4 is 10.1 Å². The smallest absolute Gasteiger partial charge is 0.124 e. The SMILES string of the molecule is CC(NC1COc2ccccc21)c1ccoc1. The maximum Gasteiger partial charge on any atom is 0.124 e. The molecule has 1 aromatic carbocycles. The molecule has 0 amide bonds. The molecule has 3 nitrogen and oxygen atoms in total. The molecule has 2 aromatic rings. The molecule has 1 N–H and O–H groups in total. The van der Waals surface area contributed by atoms with Gasteiger partial charge in [-0.3, -0.25) is 0 Å². The number of rotatable bonds is 3. The average Bonchev–Trinajstić information content (AvgIpc) is 2.98. The van der Waals surface area contributed by atoms with Gasteiger partial charge in [0, 0.05) is 17.2 Å². The van der Waals surface area contributed by atoms with Crippen LogP contribution in [-0.2, 0) is 0 Å². The van der Waals surface area contributed by atoms with Crippen molar-refractivity contribution in [2.45, 2.75) is 19.0 Å². The lowest BCUT2D eigenvalue weighted by atomic mass is 10.1. The molecule has 0 fully saturated rings. The van der Waals surface area contributed by atoms with Crippen LogP contribution in [0.15, 0.2) is 47.3 Å². The number of para-hydroxylation sites is 1. The third-order valence-electron chi connectivity index (χ3n) is 3.19. The molecule has 3 heteroatoms. The molecule has 0 spiro atoms. The van der Waals surface area contributed by atoms with E-state index in [4.69, 9.17) is 9.15 Å². The minimum Gasteiger partial charge on any atom is -0.491 e. The number of benzene rings is 1. The van der Waals surface area contributed by atoms with Crippen LogP contribution in [0.25, 0.3) is 0 Å². The zero-order valence-electron chi connectivity index (χ0n) is 9.72. The van der Waals surface area contributed by atoms with Crippen molar-refractivity contribution in [1.29, 1.82) is 0 Å². The van der Waals surface area contributed by atoms with Gasteiger partial charge in [-0.05, 0) is 19.1 Å². The summed E-state index contributed by atoms with van der Waals surface area (Å²) in [5, 5.41) is 3.55. The number of fused-ring (bicyclic) bond motifs is 1. The van der Waals surface area contributed by atoms with Crippen LogP contribution in [0.2, 0.25) is 0 Å². The standard InChI is InChI=1S/C14H15NO2/c1-10(11-6-7-16-8-11)15-13-9-17-14-5-3-2-4-12(13)14/h2-8,10,13,15H,9H2,1H3. The van der Waals surface area contributed by atoms with Crippen LogP contribution in [0.5, 0.6) is 5.75 Å². The van der Waals surface area contributed by atoms with Crippen molar-refractivity contribution in [1.82, 2.24) is 5.32 Å². The summed E-state index contributed by atoms with van der Waals surface area (Å²) in [5.41, 5.74) is 2.40. The Balaban J connectivity index is 1.75. The Morgan fingerprint density at radius 1 is 1.29 bits per heavy atom. The van der Waals surface area contributed by atoms with Crippen LogP contribution in [0.3, 0.4) is 0 Å².